The van der Waals surface area contributed by atoms with Crippen molar-refractivity contribution in [2.45, 2.75) is 110 Å². The second kappa shape index (κ2) is 20.1. The molecule has 0 saturated heterocycles. The van der Waals surface area contributed by atoms with Crippen molar-refractivity contribution in [2.75, 3.05) is 0 Å². The normalized spacial score (nSPS) is 30.6. The summed E-state index contributed by atoms with van der Waals surface area (Å²) in [5.74, 6) is 2.70. The Morgan fingerprint density at radius 2 is 1.11 bits per heavy atom. The molecule has 0 spiro atoms. The van der Waals surface area contributed by atoms with Crippen LogP contribution in [0.5, 0.6) is 0 Å². The molecule has 6 nitrogen and oxygen atoms in total. The smallest absolute Gasteiger partial charge is 0.123 e. The first kappa shape index (κ1) is 32.0. The van der Waals surface area contributed by atoms with Crippen LogP contribution in [-0.2, 0) is 28.8 Å². The fourth-order valence-electron chi connectivity index (χ4n) is 5.92. The molecular formula is C30H48O6. The largest absolute Gasteiger partial charge is 0.303 e. The van der Waals surface area contributed by atoms with Crippen molar-refractivity contribution >= 4 is 37.7 Å². The van der Waals surface area contributed by atoms with Crippen molar-refractivity contribution in [1.82, 2.24) is 0 Å². The SMILES string of the molecule is CC(C=O)C1CCCC(C=O)C1.O=CCCC1CCC(C=O)CC1.O=CCCC1CCCC(C=O)C1. The Balaban J connectivity index is 0.000000270. The molecule has 3 aliphatic rings. The van der Waals surface area contributed by atoms with Gasteiger partial charge in [-0.3, -0.25) is 0 Å². The first-order valence-electron chi connectivity index (χ1n) is 14.2. The minimum absolute atomic E-state index is 0.132. The highest BCUT2D eigenvalue weighted by molar-refractivity contribution is 5.56. The third kappa shape index (κ3) is 13.4. The van der Waals surface area contributed by atoms with Crippen LogP contribution in [0.25, 0.3) is 0 Å². The summed E-state index contributed by atoms with van der Waals surface area (Å²) >= 11 is 0. The Bertz CT molecular complexity index is 633. The molecule has 0 aromatic carbocycles. The lowest BCUT2D eigenvalue weighted by Gasteiger charge is -2.27. The molecule has 0 N–H and O–H groups in total. The molecule has 204 valence electrons. The van der Waals surface area contributed by atoms with Gasteiger partial charge in [0.1, 0.15) is 37.7 Å². The second-order valence-electron chi connectivity index (χ2n) is 11.2. The van der Waals surface area contributed by atoms with E-state index in [0.717, 1.165) is 121 Å². The van der Waals surface area contributed by atoms with E-state index in [1.54, 1.807) is 0 Å². The zero-order valence-electron chi connectivity index (χ0n) is 22.3. The quantitative estimate of drug-likeness (QED) is 0.331. The average molecular weight is 505 g/mol. The molecule has 3 rings (SSSR count). The van der Waals surface area contributed by atoms with Gasteiger partial charge in [-0.15, -0.1) is 0 Å². The van der Waals surface area contributed by atoms with Gasteiger partial charge in [0, 0.05) is 36.5 Å². The van der Waals surface area contributed by atoms with E-state index < -0.39 is 0 Å². The molecule has 5 atom stereocenters. The summed E-state index contributed by atoms with van der Waals surface area (Å²) in [6.45, 7) is 1.95. The second-order valence-corrected chi connectivity index (χ2v) is 11.2. The fourth-order valence-corrected chi connectivity index (χ4v) is 5.92. The number of rotatable bonds is 11. The van der Waals surface area contributed by atoms with Crippen LogP contribution < -0.4 is 0 Å². The number of hydrogen-bond acceptors (Lipinski definition) is 6. The molecule has 3 aliphatic carbocycles. The Labute approximate surface area is 217 Å². The van der Waals surface area contributed by atoms with Gasteiger partial charge < -0.3 is 28.8 Å². The lowest BCUT2D eigenvalue weighted by Crippen LogP contribution is -2.22. The molecule has 0 heterocycles. The lowest BCUT2D eigenvalue weighted by atomic mass is 9.77. The zero-order valence-corrected chi connectivity index (χ0v) is 22.3. The van der Waals surface area contributed by atoms with Crippen molar-refractivity contribution in [2.24, 2.45) is 41.4 Å². The maximum atomic E-state index is 10.5. The first-order chi connectivity index (χ1) is 17.5. The third-order valence-corrected chi connectivity index (χ3v) is 8.39. The van der Waals surface area contributed by atoms with Gasteiger partial charge in [-0.05, 0) is 88.4 Å². The molecule has 36 heavy (non-hydrogen) atoms. The van der Waals surface area contributed by atoms with Crippen LogP contribution in [0.1, 0.15) is 110 Å². The van der Waals surface area contributed by atoms with Crippen LogP contribution in [0.15, 0.2) is 0 Å². The van der Waals surface area contributed by atoms with Gasteiger partial charge in [-0.2, -0.15) is 0 Å². The molecule has 3 saturated carbocycles. The number of hydrogen-bond donors (Lipinski definition) is 0. The predicted octanol–water partition coefficient (Wildman–Crippen LogP) is 5.77. The lowest BCUT2D eigenvalue weighted by molar-refractivity contribution is -0.115. The van der Waals surface area contributed by atoms with Gasteiger partial charge >= 0.3 is 0 Å². The number of aldehydes is 6. The van der Waals surface area contributed by atoms with Crippen LogP contribution in [0.3, 0.4) is 0 Å². The Morgan fingerprint density at radius 3 is 1.64 bits per heavy atom. The fraction of sp³-hybridized carbons (Fsp3) is 0.800. The van der Waals surface area contributed by atoms with Gasteiger partial charge in [-0.1, -0.05) is 26.2 Å². The highest BCUT2D eigenvalue weighted by atomic mass is 16.1. The maximum absolute atomic E-state index is 10.5. The Morgan fingerprint density at radius 1 is 0.583 bits per heavy atom. The molecule has 0 bridgehead atoms. The van der Waals surface area contributed by atoms with Crippen LogP contribution >= 0.6 is 0 Å². The van der Waals surface area contributed by atoms with E-state index >= 15 is 0 Å². The molecule has 6 heteroatoms. The molecular weight excluding hydrogens is 456 g/mol. The summed E-state index contributed by atoms with van der Waals surface area (Å²) in [7, 11) is 0. The molecule has 0 aliphatic heterocycles. The zero-order chi connectivity index (χ0) is 26.6. The van der Waals surface area contributed by atoms with Gasteiger partial charge in [0.15, 0.2) is 0 Å². The Hall–Kier alpha value is -1.98. The van der Waals surface area contributed by atoms with E-state index in [-0.39, 0.29) is 17.8 Å². The Kier molecular flexibility index (Phi) is 17.9. The summed E-state index contributed by atoms with van der Waals surface area (Å²) < 4.78 is 0. The summed E-state index contributed by atoms with van der Waals surface area (Å²) in [6, 6.07) is 0. The van der Waals surface area contributed by atoms with Gasteiger partial charge in [0.2, 0.25) is 0 Å². The predicted molar refractivity (Wildman–Crippen MR) is 140 cm³/mol. The number of carbonyl (C=O) groups is 6. The van der Waals surface area contributed by atoms with Crippen LogP contribution in [0, 0.1) is 41.4 Å². The molecule has 0 aromatic heterocycles. The summed E-state index contributed by atoms with van der Waals surface area (Å²) in [4.78, 5) is 62.2. The van der Waals surface area contributed by atoms with Gasteiger partial charge in [0.05, 0.1) is 0 Å². The molecule has 0 aromatic rings. The van der Waals surface area contributed by atoms with E-state index in [0.29, 0.717) is 36.5 Å². The van der Waals surface area contributed by atoms with E-state index in [1.807, 2.05) is 6.92 Å². The van der Waals surface area contributed by atoms with E-state index in [9.17, 15) is 28.8 Å². The van der Waals surface area contributed by atoms with Crippen LogP contribution in [0.4, 0.5) is 0 Å². The van der Waals surface area contributed by atoms with Crippen molar-refractivity contribution in [3.63, 3.8) is 0 Å². The van der Waals surface area contributed by atoms with Crippen molar-refractivity contribution in [3.8, 4) is 0 Å². The van der Waals surface area contributed by atoms with Gasteiger partial charge in [-0.25, -0.2) is 0 Å². The summed E-state index contributed by atoms with van der Waals surface area (Å²) in [5, 5.41) is 0. The number of carbonyl (C=O) groups excluding carboxylic acids is 6. The van der Waals surface area contributed by atoms with E-state index in [1.165, 1.54) is 6.42 Å². The standard InChI is InChI=1S/3C10H16O2/c1-8(6-11)10-4-2-3-9(5-10)7-12;11-6-2-5-9-3-1-4-10(7-9)8-12;11-7-1-2-9-3-5-10(8-12)6-4-9/h6-10H,2-5H2,1H3;6,8-10H,1-5,7H2;7-10H,1-6H2. The van der Waals surface area contributed by atoms with Crippen molar-refractivity contribution in [3.05, 3.63) is 0 Å². The molecule has 3 fully saturated rings. The monoisotopic (exact) mass is 504 g/mol. The topological polar surface area (TPSA) is 102 Å². The van der Waals surface area contributed by atoms with E-state index in [2.05, 4.69) is 0 Å². The highest BCUT2D eigenvalue weighted by Gasteiger charge is 2.25. The first-order valence-corrected chi connectivity index (χ1v) is 14.2. The van der Waals surface area contributed by atoms with E-state index in [4.69, 9.17) is 0 Å². The maximum Gasteiger partial charge on any atom is 0.123 e. The molecule has 0 amide bonds. The average Bonchev–Trinajstić information content (AvgIpc) is 2.95. The van der Waals surface area contributed by atoms with Crippen LogP contribution in [-0.4, -0.2) is 37.7 Å². The minimum Gasteiger partial charge on any atom is -0.303 e. The molecule has 0 radical (unpaired) electrons. The highest BCUT2D eigenvalue weighted by Crippen LogP contribution is 2.32. The molecule has 5 unspecified atom stereocenters. The third-order valence-electron chi connectivity index (χ3n) is 8.39. The summed E-state index contributed by atoms with van der Waals surface area (Å²) in [5.41, 5.74) is 0. The summed E-state index contributed by atoms with van der Waals surface area (Å²) in [6.07, 6.45) is 22.5. The van der Waals surface area contributed by atoms with Gasteiger partial charge in [0.25, 0.3) is 0 Å². The minimum atomic E-state index is 0.132. The van der Waals surface area contributed by atoms with Crippen LogP contribution in [0.2, 0.25) is 0 Å². The van der Waals surface area contributed by atoms with Crippen molar-refractivity contribution < 1.29 is 28.8 Å². The van der Waals surface area contributed by atoms with Crippen molar-refractivity contribution in [1.29, 1.82) is 0 Å².